The largest absolute Gasteiger partial charge is 0.506 e. The van der Waals surface area contributed by atoms with Gasteiger partial charge in [-0.25, -0.2) is 0 Å². The Bertz CT molecular complexity index is 2230. The van der Waals surface area contributed by atoms with Gasteiger partial charge in [0.25, 0.3) is 5.91 Å². The molecule has 7 rings (SSSR count). The zero-order valence-corrected chi connectivity index (χ0v) is 27.5. The molecule has 3 N–H and O–H groups in total. The number of benzene rings is 6. The lowest BCUT2D eigenvalue weighted by molar-refractivity contribution is -0.122. The first-order chi connectivity index (χ1) is 24.5. The van der Waals surface area contributed by atoms with E-state index in [1.54, 1.807) is 24.4 Å². The zero-order valence-electron chi connectivity index (χ0n) is 27.5. The number of aromatic nitrogens is 1. The summed E-state index contributed by atoms with van der Waals surface area (Å²) in [6, 6.07) is 48.4. The average molecular weight is 656 g/mol. The second-order valence-electron chi connectivity index (χ2n) is 12.5. The van der Waals surface area contributed by atoms with Crippen LogP contribution in [0.4, 0.5) is 0 Å². The van der Waals surface area contributed by atoms with E-state index in [1.807, 2.05) is 109 Å². The van der Waals surface area contributed by atoms with Crippen molar-refractivity contribution in [1.82, 2.24) is 15.6 Å². The lowest BCUT2D eigenvalue weighted by Crippen LogP contribution is -2.48. The average Bonchev–Trinajstić information content (AvgIpc) is 3.17. The normalized spacial score (nSPS) is 11.8. The van der Waals surface area contributed by atoms with E-state index in [-0.39, 0.29) is 23.5 Å². The molecule has 0 aliphatic rings. The van der Waals surface area contributed by atoms with Gasteiger partial charge in [-0.3, -0.25) is 14.6 Å². The van der Waals surface area contributed by atoms with Crippen LogP contribution in [-0.2, 0) is 11.2 Å². The van der Waals surface area contributed by atoms with E-state index in [9.17, 15) is 14.7 Å². The lowest BCUT2D eigenvalue weighted by Gasteiger charge is -2.22. The Morgan fingerprint density at radius 2 is 1.34 bits per heavy atom. The molecule has 0 spiro atoms. The minimum absolute atomic E-state index is 0.0709. The Morgan fingerprint density at radius 1 is 0.660 bits per heavy atom. The molecule has 0 fully saturated rings. The van der Waals surface area contributed by atoms with Crippen molar-refractivity contribution in [2.24, 2.45) is 0 Å². The fourth-order valence-electron chi connectivity index (χ4n) is 6.68. The number of nitrogens with one attached hydrogen (secondary N) is 2. The van der Waals surface area contributed by atoms with Crippen LogP contribution in [-0.4, -0.2) is 34.5 Å². The van der Waals surface area contributed by atoms with Gasteiger partial charge in [0.2, 0.25) is 5.91 Å². The molecule has 0 radical (unpaired) electrons. The number of carbonyl (C=O) groups is 2. The quantitative estimate of drug-likeness (QED) is 0.130. The molecule has 0 unspecified atom stereocenters. The van der Waals surface area contributed by atoms with Gasteiger partial charge < -0.3 is 15.7 Å². The standard InChI is InChI=1S/C44H37N3O3/c48-41-29-37(27-35-21-11-24-45-42(35)41)33-18-10-20-36(26-33)43(49)47-40(28-34-19-9-17-32-16-7-8-22-38(32)34)44(50)46-25-23-39(30-12-3-1-4-13-30)31-14-5-2-6-15-31/h1-22,24,26-27,29,39-40,48H,23,25,28H2,(H,46,50)(H,47,49)/t40-/m0/s1. The monoisotopic (exact) mass is 655 g/mol. The van der Waals surface area contributed by atoms with Crippen LogP contribution in [0.1, 0.15) is 39.4 Å². The van der Waals surface area contributed by atoms with E-state index in [4.69, 9.17) is 0 Å². The molecule has 1 aromatic heterocycles. The number of hydrogen-bond acceptors (Lipinski definition) is 4. The third-order valence-electron chi connectivity index (χ3n) is 9.20. The molecular formula is C44H37N3O3. The molecule has 0 aliphatic heterocycles. The van der Waals surface area contributed by atoms with Crippen LogP contribution in [0, 0.1) is 0 Å². The van der Waals surface area contributed by atoms with Gasteiger partial charge in [-0.1, -0.05) is 121 Å². The minimum atomic E-state index is -0.820. The molecule has 0 saturated carbocycles. The van der Waals surface area contributed by atoms with Crippen molar-refractivity contribution in [3.05, 3.63) is 180 Å². The van der Waals surface area contributed by atoms with Crippen molar-refractivity contribution in [2.45, 2.75) is 24.8 Å². The maximum absolute atomic E-state index is 14.0. The van der Waals surface area contributed by atoms with Gasteiger partial charge in [-0.05, 0) is 75.3 Å². The zero-order chi connectivity index (χ0) is 34.3. The Morgan fingerprint density at radius 3 is 2.12 bits per heavy atom. The summed E-state index contributed by atoms with van der Waals surface area (Å²) in [5.41, 5.74) is 5.80. The number of amides is 2. The third kappa shape index (κ3) is 7.25. The van der Waals surface area contributed by atoms with Crippen LogP contribution in [0.2, 0.25) is 0 Å². The second kappa shape index (κ2) is 14.9. The van der Waals surface area contributed by atoms with Crippen LogP contribution in [0.3, 0.4) is 0 Å². The van der Waals surface area contributed by atoms with Crippen molar-refractivity contribution in [3.63, 3.8) is 0 Å². The number of rotatable bonds is 11. The van der Waals surface area contributed by atoms with Gasteiger partial charge in [0.15, 0.2) is 0 Å². The van der Waals surface area contributed by atoms with E-state index in [0.29, 0.717) is 30.5 Å². The highest BCUT2D eigenvalue weighted by Gasteiger charge is 2.24. The molecule has 1 atom stereocenters. The molecule has 7 aromatic rings. The fourth-order valence-corrected chi connectivity index (χ4v) is 6.68. The van der Waals surface area contributed by atoms with Crippen LogP contribution in [0.25, 0.3) is 32.8 Å². The lowest BCUT2D eigenvalue weighted by atomic mass is 9.88. The predicted molar refractivity (Wildman–Crippen MR) is 200 cm³/mol. The summed E-state index contributed by atoms with van der Waals surface area (Å²) in [5, 5.41) is 19.8. The summed E-state index contributed by atoms with van der Waals surface area (Å²) in [6.07, 6.45) is 2.66. The molecule has 6 aromatic carbocycles. The number of fused-ring (bicyclic) bond motifs is 2. The molecule has 6 heteroatoms. The van der Waals surface area contributed by atoms with Gasteiger partial charge >= 0.3 is 0 Å². The maximum atomic E-state index is 14.0. The molecule has 50 heavy (non-hydrogen) atoms. The smallest absolute Gasteiger partial charge is 0.251 e. The molecular weight excluding hydrogens is 619 g/mol. The van der Waals surface area contributed by atoms with Crippen molar-refractivity contribution >= 4 is 33.5 Å². The first-order valence-electron chi connectivity index (χ1n) is 16.9. The summed E-state index contributed by atoms with van der Waals surface area (Å²) < 4.78 is 0. The van der Waals surface area contributed by atoms with Gasteiger partial charge in [0, 0.05) is 36.0 Å². The van der Waals surface area contributed by atoms with Crippen molar-refractivity contribution < 1.29 is 14.7 Å². The van der Waals surface area contributed by atoms with Gasteiger partial charge in [-0.15, -0.1) is 0 Å². The van der Waals surface area contributed by atoms with Crippen molar-refractivity contribution in [2.75, 3.05) is 6.54 Å². The van der Waals surface area contributed by atoms with Crippen molar-refractivity contribution in [3.8, 4) is 16.9 Å². The third-order valence-corrected chi connectivity index (χ3v) is 9.20. The molecule has 0 saturated heterocycles. The topological polar surface area (TPSA) is 91.3 Å². The number of nitrogens with zero attached hydrogens (tertiary/aromatic N) is 1. The van der Waals surface area contributed by atoms with E-state index in [0.717, 1.165) is 32.8 Å². The molecule has 6 nitrogen and oxygen atoms in total. The highest BCUT2D eigenvalue weighted by Crippen LogP contribution is 2.31. The molecule has 0 aliphatic carbocycles. The SMILES string of the molecule is O=C(N[C@@H](Cc1cccc2ccccc12)C(=O)NCCC(c1ccccc1)c1ccccc1)c1cccc(-c2cc(O)c3ncccc3c2)c1. The van der Waals surface area contributed by atoms with Crippen LogP contribution in [0.5, 0.6) is 5.75 Å². The highest BCUT2D eigenvalue weighted by atomic mass is 16.3. The van der Waals surface area contributed by atoms with E-state index >= 15 is 0 Å². The first kappa shape index (κ1) is 32.3. The summed E-state index contributed by atoms with van der Waals surface area (Å²) in [6.45, 7) is 0.436. The van der Waals surface area contributed by atoms with Gasteiger partial charge in [0.1, 0.15) is 17.3 Å². The molecule has 2 amide bonds. The Hall–Kier alpha value is -6.27. The minimum Gasteiger partial charge on any atom is -0.506 e. The second-order valence-corrected chi connectivity index (χ2v) is 12.5. The van der Waals surface area contributed by atoms with E-state index in [2.05, 4.69) is 39.9 Å². The summed E-state index contributed by atoms with van der Waals surface area (Å²) in [4.78, 5) is 32.1. The summed E-state index contributed by atoms with van der Waals surface area (Å²) >= 11 is 0. The van der Waals surface area contributed by atoms with Crippen LogP contribution in [0.15, 0.2) is 158 Å². The van der Waals surface area contributed by atoms with Crippen LogP contribution >= 0.6 is 0 Å². The highest BCUT2D eigenvalue weighted by molar-refractivity contribution is 5.99. The Kier molecular flexibility index (Phi) is 9.60. The number of phenolic OH excluding ortho intramolecular Hbond substituents is 1. The summed E-state index contributed by atoms with van der Waals surface area (Å²) in [5.74, 6) is -0.418. The van der Waals surface area contributed by atoms with Gasteiger partial charge in [-0.2, -0.15) is 0 Å². The first-order valence-corrected chi connectivity index (χ1v) is 16.9. The summed E-state index contributed by atoms with van der Waals surface area (Å²) in [7, 11) is 0. The number of phenols is 1. The molecule has 0 bridgehead atoms. The Labute approximate surface area is 291 Å². The number of hydrogen-bond donors (Lipinski definition) is 3. The predicted octanol–water partition coefficient (Wildman–Crippen LogP) is 8.44. The number of pyridine rings is 1. The van der Waals surface area contributed by atoms with E-state index in [1.165, 1.54) is 11.1 Å². The fraction of sp³-hybridized carbons (Fsp3) is 0.114. The van der Waals surface area contributed by atoms with E-state index < -0.39 is 6.04 Å². The van der Waals surface area contributed by atoms with Crippen molar-refractivity contribution in [1.29, 1.82) is 0 Å². The molecule has 246 valence electrons. The van der Waals surface area contributed by atoms with Gasteiger partial charge in [0.05, 0.1) is 0 Å². The maximum Gasteiger partial charge on any atom is 0.251 e. The number of aromatic hydroxyl groups is 1. The number of carbonyl (C=O) groups excluding carboxylic acids is 2. The molecule has 1 heterocycles. The van der Waals surface area contributed by atoms with Crippen LogP contribution < -0.4 is 10.6 Å². The Balaban J connectivity index is 1.13.